The lowest BCUT2D eigenvalue weighted by atomic mass is 10.2. The minimum atomic E-state index is -0.425. The summed E-state index contributed by atoms with van der Waals surface area (Å²) in [5.74, 6) is 0. The molecule has 3 heteroatoms. The van der Waals surface area contributed by atoms with Gasteiger partial charge in [-0.05, 0) is 30.7 Å². The molecular formula is C16H16N2O. The van der Waals surface area contributed by atoms with Crippen LogP contribution < -0.4 is 0 Å². The Morgan fingerprint density at radius 1 is 1.16 bits per heavy atom. The molecule has 2 heterocycles. The van der Waals surface area contributed by atoms with Gasteiger partial charge in [0.1, 0.15) is 0 Å². The summed E-state index contributed by atoms with van der Waals surface area (Å²) in [6.07, 6.45) is 3.51. The molecule has 0 aliphatic heterocycles. The topological polar surface area (TPSA) is 38.0 Å². The van der Waals surface area contributed by atoms with Crippen molar-refractivity contribution in [2.45, 2.75) is 19.6 Å². The maximum absolute atomic E-state index is 9.52. The lowest BCUT2D eigenvalue weighted by Gasteiger charge is -2.05. The second-order valence-corrected chi connectivity index (χ2v) is 4.79. The van der Waals surface area contributed by atoms with Gasteiger partial charge in [0, 0.05) is 17.8 Å². The van der Waals surface area contributed by atoms with E-state index < -0.39 is 6.10 Å². The van der Waals surface area contributed by atoms with Crippen molar-refractivity contribution in [1.29, 1.82) is 0 Å². The fraction of sp³-hybridized carbons (Fsp3) is 0.188. The van der Waals surface area contributed by atoms with Crippen LogP contribution in [0.3, 0.4) is 0 Å². The molecule has 0 fully saturated rings. The highest BCUT2D eigenvalue weighted by molar-refractivity contribution is 5.78. The van der Waals surface area contributed by atoms with E-state index in [2.05, 4.69) is 17.1 Å². The van der Waals surface area contributed by atoms with Crippen LogP contribution in [-0.4, -0.2) is 14.7 Å². The van der Waals surface area contributed by atoms with E-state index in [1.807, 2.05) is 47.3 Å². The Bertz CT molecular complexity index is 701. The van der Waals surface area contributed by atoms with Crippen molar-refractivity contribution in [1.82, 2.24) is 9.55 Å². The Hall–Kier alpha value is -2.13. The minimum absolute atomic E-state index is 0.425. The van der Waals surface area contributed by atoms with E-state index >= 15 is 0 Å². The van der Waals surface area contributed by atoms with Gasteiger partial charge in [0.15, 0.2) is 0 Å². The van der Waals surface area contributed by atoms with Crippen molar-refractivity contribution in [2.24, 2.45) is 0 Å². The van der Waals surface area contributed by atoms with Crippen molar-refractivity contribution >= 4 is 10.9 Å². The molecular weight excluding hydrogens is 236 g/mol. The van der Waals surface area contributed by atoms with E-state index in [1.165, 1.54) is 0 Å². The molecule has 0 aliphatic carbocycles. The standard InChI is InChI=1S/C16H16N2O/c1-12(19)14-8-9-18(10-14)11-15-7-6-13-4-2-3-5-16(13)17-15/h2-10,12,19H,11H2,1H3. The van der Waals surface area contributed by atoms with Crippen molar-refractivity contribution in [3.63, 3.8) is 0 Å². The SMILES string of the molecule is CC(O)c1ccn(Cc2ccc3ccccc3n2)c1. The summed E-state index contributed by atoms with van der Waals surface area (Å²) in [4.78, 5) is 4.64. The van der Waals surface area contributed by atoms with Crippen LogP contribution in [0.5, 0.6) is 0 Å². The monoisotopic (exact) mass is 252 g/mol. The summed E-state index contributed by atoms with van der Waals surface area (Å²) in [6.45, 7) is 2.49. The molecule has 3 rings (SSSR count). The molecule has 0 saturated carbocycles. The minimum Gasteiger partial charge on any atom is -0.389 e. The van der Waals surface area contributed by atoms with Gasteiger partial charge in [0.05, 0.1) is 23.9 Å². The molecule has 96 valence electrons. The zero-order valence-corrected chi connectivity index (χ0v) is 10.8. The fourth-order valence-electron chi connectivity index (χ4n) is 2.19. The summed E-state index contributed by atoms with van der Waals surface area (Å²) in [5.41, 5.74) is 2.97. The van der Waals surface area contributed by atoms with Crippen LogP contribution in [0.4, 0.5) is 0 Å². The number of pyridine rings is 1. The Labute approximate surface area is 112 Å². The highest BCUT2D eigenvalue weighted by Crippen LogP contribution is 2.15. The van der Waals surface area contributed by atoms with Crippen LogP contribution in [0, 0.1) is 0 Å². The normalized spacial score (nSPS) is 12.7. The van der Waals surface area contributed by atoms with Gasteiger partial charge >= 0.3 is 0 Å². The van der Waals surface area contributed by atoms with Crippen molar-refractivity contribution < 1.29 is 5.11 Å². The third kappa shape index (κ3) is 2.51. The molecule has 0 bridgehead atoms. The molecule has 1 unspecified atom stereocenters. The molecule has 0 spiro atoms. The predicted molar refractivity (Wildman–Crippen MR) is 75.9 cm³/mol. The first kappa shape index (κ1) is 11.9. The van der Waals surface area contributed by atoms with E-state index in [1.54, 1.807) is 6.92 Å². The molecule has 0 amide bonds. The number of aromatic nitrogens is 2. The van der Waals surface area contributed by atoms with Gasteiger partial charge in [-0.25, -0.2) is 0 Å². The maximum Gasteiger partial charge on any atom is 0.0776 e. The number of hydrogen-bond donors (Lipinski definition) is 1. The average Bonchev–Trinajstić information content (AvgIpc) is 2.87. The van der Waals surface area contributed by atoms with Crippen LogP contribution in [0.1, 0.15) is 24.3 Å². The summed E-state index contributed by atoms with van der Waals surface area (Å²) in [7, 11) is 0. The fourth-order valence-corrected chi connectivity index (χ4v) is 2.19. The number of para-hydroxylation sites is 1. The highest BCUT2D eigenvalue weighted by atomic mass is 16.3. The third-order valence-corrected chi connectivity index (χ3v) is 3.26. The molecule has 3 nitrogen and oxygen atoms in total. The lowest BCUT2D eigenvalue weighted by Crippen LogP contribution is -1.99. The summed E-state index contributed by atoms with van der Waals surface area (Å²) in [6, 6.07) is 14.2. The van der Waals surface area contributed by atoms with Crippen LogP contribution in [0.2, 0.25) is 0 Å². The number of rotatable bonds is 3. The van der Waals surface area contributed by atoms with E-state index in [-0.39, 0.29) is 0 Å². The molecule has 2 aromatic heterocycles. The second-order valence-electron chi connectivity index (χ2n) is 4.79. The number of benzene rings is 1. The first-order chi connectivity index (χ1) is 9.22. The number of aliphatic hydroxyl groups is 1. The molecule has 3 aromatic rings. The first-order valence-corrected chi connectivity index (χ1v) is 6.41. The van der Waals surface area contributed by atoms with Crippen LogP contribution >= 0.6 is 0 Å². The molecule has 1 atom stereocenters. The van der Waals surface area contributed by atoms with Crippen LogP contribution in [0.25, 0.3) is 10.9 Å². The van der Waals surface area contributed by atoms with E-state index in [4.69, 9.17) is 0 Å². The zero-order chi connectivity index (χ0) is 13.2. The molecule has 0 saturated heterocycles. The quantitative estimate of drug-likeness (QED) is 0.777. The van der Waals surface area contributed by atoms with Crippen LogP contribution in [0.15, 0.2) is 54.9 Å². The summed E-state index contributed by atoms with van der Waals surface area (Å²) >= 11 is 0. The summed E-state index contributed by atoms with van der Waals surface area (Å²) < 4.78 is 2.04. The molecule has 0 aliphatic rings. The number of nitrogens with zero attached hydrogens (tertiary/aromatic N) is 2. The van der Waals surface area contributed by atoms with Gasteiger partial charge in [-0.15, -0.1) is 0 Å². The van der Waals surface area contributed by atoms with Crippen molar-refractivity contribution in [2.75, 3.05) is 0 Å². The predicted octanol–water partition coefficient (Wildman–Crippen LogP) is 3.14. The summed E-state index contributed by atoms with van der Waals surface area (Å²) in [5, 5.41) is 10.7. The molecule has 1 aromatic carbocycles. The molecule has 0 radical (unpaired) electrons. The zero-order valence-electron chi connectivity index (χ0n) is 10.8. The smallest absolute Gasteiger partial charge is 0.0776 e. The highest BCUT2D eigenvalue weighted by Gasteiger charge is 2.04. The van der Waals surface area contributed by atoms with Crippen molar-refractivity contribution in [3.8, 4) is 0 Å². The van der Waals surface area contributed by atoms with Gasteiger partial charge in [0.25, 0.3) is 0 Å². The van der Waals surface area contributed by atoms with E-state index in [0.29, 0.717) is 0 Å². The Balaban J connectivity index is 1.87. The van der Waals surface area contributed by atoms with Gasteiger partial charge in [-0.2, -0.15) is 0 Å². The van der Waals surface area contributed by atoms with Gasteiger partial charge in [-0.1, -0.05) is 24.3 Å². The van der Waals surface area contributed by atoms with Crippen LogP contribution in [-0.2, 0) is 6.54 Å². The van der Waals surface area contributed by atoms with E-state index in [9.17, 15) is 5.11 Å². The Morgan fingerprint density at radius 2 is 2.00 bits per heavy atom. The number of fused-ring (bicyclic) bond motifs is 1. The number of aliphatic hydroxyl groups excluding tert-OH is 1. The lowest BCUT2D eigenvalue weighted by molar-refractivity contribution is 0.199. The van der Waals surface area contributed by atoms with Gasteiger partial charge in [0.2, 0.25) is 0 Å². The van der Waals surface area contributed by atoms with Gasteiger partial charge < -0.3 is 9.67 Å². The maximum atomic E-state index is 9.52. The third-order valence-electron chi connectivity index (χ3n) is 3.26. The second kappa shape index (κ2) is 4.86. The van der Waals surface area contributed by atoms with Gasteiger partial charge in [-0.3, -0.25) is 4.98 Å². The molecule has 19 heavy (non-hydrogen) atoms. The largest absolute Gasteiger partial charge is 0.389 e. The first-order valence-electron chi connectivity index (χ1n) is 6.41. The van der Waals surface area contributed by atoms with Crippen molar-refractivity contribution in [3.05, 3.63) is 66.1 Å². The Kier molecular flexibility index (Phi) is 3.05. The Morgan fingerprint density at radius 3 is 2.79 bits per heavy atom. The molecule has 1 N–H and O–H groups in total. The van der Waals surface area contributed by atoms with E-state index in [0.717, 1.165) is 28.7 Å². The average molecular weight is 252 g/mol. The number of hydrogen-bond acceptors (Lipinski definition) is 2.